The van der Waals surface area contributed by atoms with Gasteiger partial charge in [-0.25, -0.2) is 0 Å². The monoisotopic (exact) mass is 218 g/mol. The second kappa shape index (κ2) is 8.54. The number of ether oxygens (including phenoxy) is 1. The third kappa shape index (κ3) is 4.50. The van der Waals surface area contributed by atoms with Crippen LogP contribution in [-0.2, 0) is 9.31 Å². The predicted octanol–water partition coefficient (Wildman–Crippen LogP) is 1.09. The van der Waals surface area contributed by atoms with Gasteiger partial charge in [0.25, 0.3) is 0 Å². The van der Waals surface area contributed by atoms with Gasteiger partial charge in [0.15, 0.2) is 5.75 Å². The fraction of sp³-hybridized carbons (Fsp3) is 0.400. The molecule has 0 amide bonds. The number of hydrogen-bond donors (Lipinski definition) is 0. The minimum atomic E-state index is -0.716. The fourth-order valence-corrected chi connectivity index (χ4v) is 1.12. The van der Waals surface area contributed by atoms with Crippen LogP contribution in [0.4, 0.5) is 0 Å². The molecule has 16 heavy (non-hydrogen) atoms. The quantitative estimate of drug-likeness (QED) is 0.669. The third-order valence-corrected chi connectivity index (χ3v) is 1.76. The van der Waals surface area contributed by atoms with Gasteiger partial charge in [0.2, 0.25) is 0 Å². The van der Waals surface area contributed by atoms with Gasteiger partial charge < -0.3 is 18.7 Å². The van der Waals surface area contributed by atoms with Gasteiger partial charge in [-0.05, 0) is 19.1 Å². The van der Waals surface area contributed by atoms with Crippen molar-refractivity contribution in [1.82, 2.24) is 0 Å². The van der Waals surface area contributed by atoms with Gasteiger partial charge >= 0.3 is 26.2 Å². The Morgan fingerprint density at radius 1 is 1.06 bits per heavy atom. The first kappa shape index (κ1) is 15.4. The summed E-state index contributed by atoms with van der Waals surface area (Å²) in [5, 5.41) is 0. The van der Waals surface area contributed by atoms with E-state index in [0.717, 1.165) is 0 Å². The Balaban J connectivity index is 0.00000225. The summed E-state index contributed by atoms with van der Waals surface area (Å²) in [6.45, 7) is 2.51. The molecule has 0 aliphatic heterocycles. The second-order valence-electron chi connectivity index (χ2n) is 2.76. The average molecular weight is 218 g/mol. The number of benzene rings is 1. The standard InChI is InChI=1S/C10H15BO4.Li.H/c1-4-14-9-7-5-6-8-10(9)15-11(12-2)13-3;;/h5-8H,4H2,1-3H3;;. The summed E-state index contributed by atoms with van der Waals surface area (Å²) in [4.78, 5) is 0. The first-order valence-electron chi connectivity index (χ1n) is 4.75. The molecule has 0 aromatic heterocycles. The Hall–Kier alpha value is -0.598. The number of rotatable bonds is 6. The molecule has 1 aromatic rings. The minimum absolute atomic E-state index is 0. The second-order valence-corrected chi connectivity index (χ2v) is 2.76. The van der Waals surface area contributed by atoms with Gasteiger partial charge in [-0.1, -0.05) is 12.1 Å². The molecule has 0 bridgehead atoms. The maximum absolute atomic E-state index is 5.43. The summed E-state index contributed by atoms with van der Waals surface area (Å²) in [6.07, 6.45) is 0. The van der Waals surface area contributed by atoms with E-state index in [9.17, 15) is 0 Å². The summed E-state index contributed by atoms with van der Waals surface area (Å²) >= 11 is 0. The maximum atomic E-state index is 5.43. The van der Waals surface area contributed by atoms with E-state index in [1.165, 1.54) is 14.2 Å². The van der Waals surface area contributed by atoms with Crippen molar-refractivity contribution < 1.29 is 18.7 Å². The van der Waals surface area contributed by atoms with Crippen molar-refractivity contribution in [3.8, 4) is 11.5 Å². The number of para-hydroxylation sites is 2. The van der Waals surface area contributed by atoms with Crippen LogP contribution in [0.2, 0.25) is 0 Å². The molecule has 0 unspecified atom stereocenters. The fourth-order valence-electron chi connectivity index (χ4n) is 1.12. The van der Waals surface area contributed by atoms with Crippen LogP contribution in [0.15, 0.2) is 24.3 Å². The Morgan fingerprint density at radius 2 is 1.62 bits per heavy atom. The molecule has 0 atom stereocenters. The van der Waals surface area contributed by atoms with E-state index in [1.54, 1.807) is 6.07 Å². The van der Waals surface area contributed by atoms with Crippen LogP contribution < -0.4 is 9.39 Å². The SMILES string of the molecule is CCOc1ccccc1OB(OC)OC.[LiH]. The summed E-state index contributed by atoms with van der Waals surface area (Å²) in [6, 6.07) is 7.38. The normalized spacial score (nSPS) is 9.19. The zero-order chi connectivity index (χ0) is 11.1. The van der Waals surface area contributed by atoms with E-state index >= 15 is 0 Å². The van der Waals surface area contributed by atoms with Crippen molar-refractivity contribution in [2.24, 2.45) is 0 Å². The average Bonchev–Trinajstić information content (AvgIpc) is 2.28. The Bertz CT molecular complexity index is 294. The molecule has 84 valence electrons. The van der Waals surface area contributed by atoms with Crippen molar-refractivity contribution >= 4 is 26.2 Å². The zero-order valence-electron chi connectivity index (χ0n) is 9.23. The van der Waals surface area contributed by atoms with E-state index in [0.29, 0.717) is 18.1 Å². The molecule has 0 aliphatic rings. The van der Waals surface area contributed by atoms with Crippen LogP contribution in [0, 0.1) is 0 Å². The Labute approximate surface area is 109 Å². The Morgan fingerprint density at radius 3 is 2.12 bits per heavy atom. The first-order valence-corrected chi connectivity index (χ1v) is 4.75. The third-order valence-electron chi connectivity index (χ3n) is 1.76. The summed E-state index contributed by atoms with van der Waals surface area (Å²) < 4.78 is 20.7. The molecule has 0 spiro atoms. The first-order chi connectivity index (χ1) is 7.31. The summed E-state index contributed by atoms with van der Waals surface area (Å²) in [7, 11) is 2.31. The van der Waals surface area contributed by atoms with Crippen LogP contribution in [-0.4, -0.2) is 47.0 Å². The molecular formula is C10H16BLiO4. The van der Waals surface area contributed by atoms with Crippen molar-refractivity contribution in [1.29, 1.82) is 0 Å². The van der Waals surface area contributed by atoms with Gasteiger partial charge in [-0.15, -0.1) is 0 Å². The van der Waals surface area contributed by atoms with E-state index in [4.69, 9.17) is 18.7 Å². The molecule has 0 radical (unpaired) electrons. The Kier molecular flexibility index (Phi) is 8.22. The van der Waals surface area contributed by atoms with Crippen LogP contribution in [0.25, 0.3) is 0 Å². The van der Waals surface area contributed by atoms with Gasteiger partial charge in [-0.2, -0.15) is 0 Å². The predicted molar refractivity (Wildman–Crippen MR) is 65.2 cm³/mol. The summed E-state index contributed by atoms with van der Waals surface area (Å²) in [5.74, 6) is 1.28. The zero-order valence-corrected chi connectivity index (χ0v) is 9.23. The van der Waals surface area contributed by atoms with E-state index in [2.05, 4.69) is 0 Å². The molecule has 6 heteroatoms. The van der Waals surface area contributed by atoms with Crippen molar-refractivity contribution in [3.63, 3.8) is 0 Å². The van der Waals surface area contributed by atoms with Crippen molar-refractivity contribution in [3.05, 3.63) is 24.3 Å². The van der Waals surface area contributed by atoms with E-state index < -0.39 is 7.32 Å². The van der Waals surface area contributed by atoms with E-state index in [-0.39, 0.29) is 18.9 Å². The van der Waals surface area contributed by atoms with Crippen LogP contribution in [0.3, 0.4) is 0 Å². The molecular weight excluding hydrogens is 202 g/mol. The van der Waals surface area contributed by atoms with Crippen LogP contribution >= 0.6 is 0 Å². The van der Waals surface area contributed by atoms with Crippen molar-refractivity contribution in [2.45, 2.75) is 6.92 Å². The van der Waals surface area contributed by atoms with Gasteiger partial charge in [0, 0.05) is 14.2 Å². The van der Waals surface area contributed by atoms with E-state index in [1.807, 2.05) is 25.1 Å². The molecule has 0 aliphatic carbocycles. The number of hydrogen-bond acceptors (Lipinski definition) is 4. The molecule has 4 nitrogen and oxygen atoms in total. The topological polar surface area (TPSA) is 36.9 Å². The molecule has 0 saturated carbocycles. The molecule has 0 heterocycles. The molecule has 0 N–H and O–H groups in total. The van der Waals surface area contributed by atoms with Gasteiger partial charge in [0.05, 0.1) is 6.61 Å². The molecule has 0 saturated heterocycles. The molecule has 1 rings (SSSR count). The summed E-state index contributed by atoms with van der Waals surface area (Å²) in [5.41, 5.74) is 0. The van der Waals surface area contributed by atoms with Gasteiger partial charge in [-0.3, -0.25) is 0 Å². The van der Waals surface area contributed by atoms with Crippen LogP contribution in [0.1, 0.15) is 6.92 Å². The molecule has 1 aromatic carbocycles. The van der Waals surface area contributed by atoms with Gasteiger partial charge in [0.1, 0.15) is 5.75 Å². The molecule has 0 fully saturated rings. The van der Waals surface area contributed by atoms with Crippen molar-refractivity contribution in [2.75, 3.05) is 20.8 Å². The van der Waals surface area contributed by atoms with Crippen LogP contribution in [0.5, 0.6) is 11.5 Å².